The van der Waals surface area contributed by atoms with Crippen LogP contribution in [-0.2, 0) is 0 Å². The third-order valence-electron chi connectivity index (χ3n) is 11.1. The van der Waals surface area contributed by atoms with Crippen LogP contribution in [0.4, 0.5) is 0 Å². The molecule has 0 atom stereocenters. The largest absolute Gasteiger partial charge is 0.309 e. The number of pyridine rings is 1. The second-order valence-electron chi connectivity index (χ2n) is 14.1. The number of hydrogen-bond donors (Lipinski definition) is 0. The molecular formula is C49H30N6. The van der Waals surface area contributed by atoms with Crippen molar-refractivity contribution in [2.45, 2.75) is 0 Å². The summed E-state index contributed by atoms with van der Waals surface area (Å²) in [6, 6.07) is 60.1. The minimum absolute atomic E-state index is 0.653. The normalized spacial score (nSPS) is 12.0. The van der Waals surface area contributed by atoms with Crippen LogP contribution in [0.25, 0.3) is 105 Å². The predicted molar refractivity (Wildman–Crippen MR) is 226 cm³/mol. The van der Waals surface area contributed by atoms with Gasteiger partial charge in [-0.15, -0.1) is 0 Å². The molecule has 0 saturated carbocycles. The standard InChI is InChI=1S/C49H30N6/c1-3-13-31(14-4-1)48-34-17-7-10-20-39(34)51-49(52-48)55-41-22-12-9-19-36(41)47-45(55)26-25-44-46(47)35-18-8-11-21-40(35)54(44)33-23-24-42-37(29-33)38-30-50-28-27-43(38)53(42)32-15-5-2-6-16-32/h1-30H. The lowest BCUT2D eigenvalue weighted by atomic mass is 10.1. The van der Waals surface area contributed by atoms with Crippen LogP contribution in [0, 0.1) is 0 Å². The molecule has 0 aliphatic heterocycles. The summed E-state index contributed by atoms with van der Waals surface area (Å²) in [6.07, 6.45) is 3.87. The Kier molecular flexibility index (Phi) is 6.24. The number of nitrogens with zero attached hydrogens (tertiary/aromatic N) is 6. The SMILES string of the molecule is c1ccc(-c2nc(-n3c4ccccc4c4c5c6ccccc6n(-c6ccc7c(c6)c6cnccc6n7-c6ccccc6)c5ccc43)nc3ccccc23)cc1. The van der Waals surface area contributed by atoms with E-state index in [9.17, 15) is 0 Å². The molecule has 0 unspecified atom stereocenters. The molecule has 256 valence electrons. The van der Waals surface area contributed by atoms with E-state index in [0.717, 1.165) is 82.8 Å². The van der Waals surface area contributed by atoms with Crippen LogP contribution >= 0.6 is 0 Å². The Hall–Kier alpha value is -7.57. The molecule has 5 aromatic heterocycles. The lowest BCUT2D eigenvalue weighted by molar-refractivity contribution is 1.01. The molecule has 0 amide bonds. The Bertz CT molecular complexity index is 3480. The van der Waals surface area contributed by atoms with E-state index >= 15 is 0 Å². The van der Waals surface area contributed by atoms with Crippen molar-refractivity contribution in [3.05, 3.63) is 182 Å². The Morgan fingerprint density at radius 1 is 0.364 bits per heavy atom. The molecule has 0 fully saturated rings. The second kappa shape index (κ2) is 11.5. The topological polar surface area (TPSA) is 53.5 Å². The van der Waals surface area contributed by atoms with Crippen LogP contribution in [0.5, 0.6) is 0 Å². The first-order valence-corrected chi connectivity index (χ1v) is 18.5. The van der Waals surface area contributed by atoms with Crippen molar-refractivity contribution in [1.29, 1.82) is 0 Å². The van der Waals surface area contributed by atoms with E-state index in [2.05, 4.69) is 176 Å². The van der Waals surface area contributed by atoms with Gasteiger partial charge in [0.25, 0.3) is 0 Å². The van der Waals surface area contributed by atoms with E-state index in [1.165, 1.54) is 16.2 Å². The predicted octanol–water partition coefficient (Wildman–Crippen LogP) is 12.0. The fraction of sp³-hybridized carbons (Fsp3) is 0. The summed E-state index contributed by atoms with van der Waals surface area (Å²) in [4.78, 5) is 15.1. The molecule has 5 heterocycles. The van der Waals surface area contributed by atoms with Crippen molar-refractivity contribution in [3.8, 4) is 28.6 Å². The van der Waals surface area contributed by atoms with Crippen LogP contribution in [0.2, 0.25) is 0 Å². The summed E-state index contributed by atoms with van der Waals surface area (Å²) in [5, 5.41) is 8.08. The number of rotatable bonds is 4. The molecule has 0 radical (unpaired) electrons. The molecule has 0 aliphatic carbocycles. The highest BCUT2D eigenvalue weighted by Gasteiger charge is 2.23. The smallest absolute Gasteiger partial charge is 0.235 e. The Labute approximate surface area is 314 Å². The average molecular weight is 703 g/mol. The Morgan fingerprint density at radius 3 is 1.69 bits per heavy atom. The average Bonchev–Trinajstić information content (AvgIpc) is 3.89. The van der Waals surface area contributed by atoms with Crippen molar-refractivity contribution >= 4 is 76.3 Å². The lowest BCUT2D eigenvalue weighted by Crippen LogP contribution is -2.03. The van der Waals surface area contributed by atoms with Crippen LogP contribution in [0.3, 0.4) is 0 Å². The number of para-hydroxylation sites is 4. The maximum atomic E-state index is 5.33. The Morgan fingerprint density at radius 2 is 0.927 bits per heavy atom. The van der Waals surface area contributed by atoms with E-state index < -0.39 is 0 Å². The van der Waals surface area contributed by atoms with Crippen LogP contribution in [0.1, 0.15) is 0 Å². The molecule has 0 spiro atoms. The van der Waals surface area contributed by atoms with E-state index in [1.807, 2.05) is 24.5 Å². The third kappa shape index (κ3) is 4.27. The number of aromatic nitrogens is 6. The molecule has 55 heavy (non-hydrogen) atoms. The fourth-order valence-electron chi connectivity index (χ4n) is 8.84. The minimum Gasteiger partial charge on any atom is -0.309 e. The highest BCUT2D eigenvalue weighted by atomic mass is 15.2. The van der Waals surface area contributed by atoms with Gasteiger partial charge in [-0.05, 0) is 66.7 Å². The molecule has 6 nitrogen and oxygen atoms in total. The molecule has 0 bridgehead atoms. The zero-order valence-corrected chi connectivity index (χ0v) is 29.5. The first kappa shape index (κ1) is 29.9. The quantitative estimate of drug-likeness (QED) is 0.183. The summed E-state index contributed by atoms with van der Waals surface area (Å²) < 4.78 is 6.99. The van der Waals surface area contributed by atoms with Crippen molar-refractivity contribution in [1.82, 2.24) is 28.7 Å². The van der Waals surface area contributed by atoms with Crippen molar-refractivity contribution in [2.24, 2.45) is 0 Å². The zero-order valence-electron chi connectivity index (χ0n) is 29.5. The van der Waals surface area contributed by atoms with E-state index in [-0.39, 0.29) is 0 Å². The van der Waals surface area contributed by atoms with Crippen molar-refractivity contribution in [2.75, 3.05) is 0 Å². The van der Waals surface area contributed by atoms with Gasteiger partial charge in [-0.25, -0.2) is 9.97 Å². The van der Waals surface area contributed by atoms with Gasteiger partial charge in [0.1, 0.15) is 0 Å². The fourth-order valence-corrected chi connectivity index (χ4v) is 8.84. The molecule has 12 rings (SSSR count). The first-order chi connectivity index (χ1) is 27.3. The van der Waals surface area contributed by atoms with Gasteiger partial charge in [0.2, 0.25) is 5.95 Å². The summed E-state index contributed by atoms with van der Waals surface area (Å²) >= 11 is 0. The van der Waals surface area contributed by atoms with Gasteiger partial charge in [-0.1, -0.05) is 103 Å². The lowest BCUT2D eigenvalue weighted by Gasteiger charge is -2.12. The van der Waals surface area contributed by atoms with E-state index in [0.29, 0.717) is 5.95 Å². The maximum absolute atomic E-state index is 5.33. The number of benzene rings is 7. The molecule has 12 aromatic rings. The van der Waals surface area contributed by atoms with Crippen LogP contribution in [-0.4, -0.2) is 28.7 Å². The molecule has 0 aliphatic rings. The maximum Gasteiger partial charge on any atom is 0.235 e. The zero-order chi connectivity index (χ0) is 36.0. The third-order valence-corrected chi connectivity index (χ3v) is 11.1. The molecule has 7 aromatic carbocycles. The summed E-state index contributed by atoms with van der Waals surface area (Å²) in [6.45, 7) is 0. The molecule has 6 heteroatoms. The van der Waals surface area contributed by atoms with Gasteiger partial charge in [-0.2, -0.15) is 0 Å². The summed E-state index contributed by atoms with van der Waals surface area (Å²) in [7, 11) is 0. The summed E-state index contributed by atoms with van der Waals surface area (Å²) in [5.41, 5.74) is 11.8. The van der Waals surface area contributed by atoms with Gasteiger partial charge in [0.05, 0.1) is 44.3 Å². The van der Waals surface area contributed by atoms with Gasteiger partial charge >= 0.3 is 0 Å². The van der Waals surface area contributed by atoms with Gasteiger partial charge in [0.15, 0.2) is 0 Å². The second-order valence-corrected chi connectivity index (χ2v) is 14.1. The van der Waals surface area contributed by atoms with Crippen molar-refractivity contribution < 1.29 is 0 Å². The highest BCUT2D eigenvalue weighted by Crippen LogP contribution is 2.43. The van der Waals surface area contributed by atoms with E-state index in [4.69, 9.17) is 9.97 Å². The van der Waals surface area contributed by atoms with Crippen LogP contribution < -0.4 is 0 Å². The summed E-state index contributed by atoms with van der Waals surface area (Å²) in [5.74, 6) is 0.653. The van der Waals surface area contributed by atoms with Gasteiger partial charge in [0, 0.05) is 67.0 Å². The first-order valence-electron chi connectivity index (χ1n) is 18.5. The highest BCUT2D eigenvalue weighted by molar-refractivity contribution is 6.29. The number of fused-ring (bicyclic) bond motifs is 11. The van der Waals surface area contributed by atoms with Gasteiger partial charge < -0.3 is 9.13 Å². The van der Waals surface area contributed by atoms with Gasteiger partial charge in [-0.3, -0.25) is 9.55 Å². The molecular weight excluding hydrogens is 673 g/mol. The van der Waals surface area contributed by atoms with Crippen molar-refractivity contribution in [3.63, 3.8) is 0 Å². The molecule has 0 N–H and O–H groups in total. The minimum atomic E-state index is 0.653. The Balaban J connectivity index is 1.15. The number of hydrogen-bond acceptors (Lipinski definition) is 3. The molecule has 0 saturated heterocycles. The van der Waals surface area contributed by atoms with Crippen LogP contribution in [0.15, 0.2) is 182 Å². The monoisotopic (exact) mass is 702 g/mol. The van der Waals surface area contributed by atoms with E-state index in [1.54, 1.807) is 0 Å².